The molecule has 1 heterocycles. The topological polar surface area (TPSA) is 61.0 Å². The number of H-pyrrole nitrogens is 1. The lowest BCUT2D eigenvalue weighted by molar-refractivity contribution is -0.122. The smallest absolute Gasteiger partial charge is 0.234 e. The first-order valence-electron chi connectivity index (χ1n) is 9.04. The highest BCUT2D eigenvalue weighted by atomic mass is 16.2. The van der Waals surface area contributed by atoms with E-state index in [1.807, 2.05) is 14.0 Å². The summed E-state index contributed by atoms with van der Waals surface area (Å²) < 4.78 is 0. The Morgan fingerprint density at radius 2 is 1.87 bits per heavy atom. The molecule has 0 unspecified atom stereocenters. The van der Waals surface area contributed by atoms with Crippen molar-refractivity contribution in [2.45, 2.75) is 71.3 Å². The second-order valence-corrected chi connectivity index (χ2v) is 7.01. The van der Waals surface area contributed by atoms with Gasteiger partial charge >= 0.3 is 0 Å². The van der Waals surface area contributed by atoms with Crippen molar-refractivity contribution in [2.75, 3.05) is 20.1 Å². The van der Waals surface area contributed by atoms with Crippen LogP contribution in [0.1, 0.15) is 61.9 Å². The molecule has 5 nitrogen and oxygen atoms in total. The zero-order valence-electron chi connectivity index (χ0n) is 15.0. The molecular formula is C18H32N4O. The van der Waals surface area contributed by atoms with E-state index in [0.29, 0.717) is 12.6 Å². The van der Waals surface area contributed by atoms with Crippen LogP contribution in [0, 0.1) is 13.8 Å². The predicted molar refractivity (Wildman–Crippen MR) is 93.5 cm³/mol. The number of amides is 1. The molecule has 0 aromatic carbocycles. The zero-order chi connectivity index (χ0) is 16.7. The average Bonchev–Trinajstić information content (AvgIpc) is 2.78. The first-order valence-corrected chi connectivity index (χ1v) is 9.04. The molecule has 1 aromatic heterocycles. The van der Waals surface area contributed by atoms with Crippen molar-refractivity contribution in [2.24, 2.45) is 0 Å². The Bertz CT molecular complexity index is 470. The molecule has 1 amide bonds. The van der Waals surface area contributed by atoms with Gasteiger partial charge in [-0.1, -0.05) is 32.1 Å². The van der Waals surface area contributed by atoms with Crippen molar-refractivity contribution >= 4 is 5.91 Å². The van der Waals surface area contributed by atoms with E-state index in [9.17, 15) is 4.79 Å². The number of hydrogen-bond acceptors (Lipinski definition) is 3. The lowest BCUT2D eigenvalue weighted by Crippen LogP contribution is -2.41. The number of aryl methyl sites for hydroxylation is 2. The van der Waals surface area contributed by atoms with Crippen LogP contribution in [-0.2, 0) is 11.2 Å². The molecule has 1 aromatic rings. The quantitative estimate of drug-likeness (QED) is 0.847. The molecule has 130 valence electrons. The van der Waals surface area contributed by atoms with Crippen LogP contribution in [0.25, 0.3) is 0 Å². The highest BCUT2D eigenvalue weighted by Gasteiger charge is 2.15. The van der Waals surface area contributed by atoms with Crippen LogP contribution in [-0.4, -0.2) is 47.2 Å². The molecular weight excluding hydrogens is 288 g/mol. The number of nitrogens with zero attached hydrogens (tertiary/aromatic N) is 2. The van der Waals surface area contributed by atoms with E-state index in [4.69, 9.17) is 0 Å². The van der Waals surface area contributed by atoms with Crippen molar-refractivity contribution in [3.8, 4) is 0 Å². The third-order valence-electron chi connectivity index (χ3n) is 4.91. The van der Waals surface area contributed by atoms with Crippen LogP contribution < -0.4 is 5.32 Å². The van der Waals surface area contributed by atoms with Crippen molar-refractivity contribution in [3.63, 3.8) is 0 Å². The third-order valence-corrected chi connectivity index (χ3v) is 4.91. The van der Waals surface area contributed by atoms with E-state index in [2.05, 4.69) is 27.3 Å². The number of aromatic nitrogens is 2. The molecule has 0 bridgehead atoms. The van der Waals surface area contributed by atoms with Gasteiger partial charge in [-0.15, -0.1) is 0 Å². The fourth-order valence-corrected chi connectivity index (χ4v) is 3.44. The summed E-state index contributed by atoms with van der Waals surface area (Å²) in [5.74, 6) is 0.165. The Morgan fingerprint density at radius 1 is 1.22 bits per heavy atom. The van der Waals surface area contributed by atoms with Gasteiger partial charge in [0, 0.05) is 18.3 Å². The van der Waals surface area contributed by atoms with E-state index in [1.165, 1.54) is 37.7 Å². The van der Waals surface area contributed by atoms with E-state index in [0.717, 1.165) is 37.2 Å². The lowest BCUT2D eigenvalue weighted by atomic mass is 9.97. The Morgan fingerprint density at radius 3 is 2.48 bits per heavy atom. The number of carbonyl (C=O) groups is 1. The maximum atomic E-state index is 12.2. The van der Waals surface area contributed by atoms with Gasteiger partial charge < -0.3 is 5.32 Å². The number of rotatable bonds is 6. The number of likely N-dealkylation sites (N-methyl/N-ethyl adjacent to an activating group) is 1. The fraction of sp³-hybridized carbons (Fsp3) is 0.778. The van der Waals surface area contributed by atoms with Gasteiger partial charge in [-0.25, -0.2) is 0 Å². The number of nitrogens with one attached hydrogen (secondary N) is 2. The Balaban J connectivity index is 1.71. The molecule has 0 atom stereocenters. The third kappa shape index (κ3) is 5.98. The highest BCUT2D eigenvalue weighted by molar-refractivity contribution is 5.78. The normalized spacial score (nSPS) is 17.0. The molecule has 0 saturated heterocycles. The standard InChI is InChI=1S/C18H32N4O/c1-14-17(15(2)21-20-14)11-12-22(3)13-18(23)19-16-9-7-5-4-6-8-10-16/h16H,4-13H2,1-3H3,(H,19,23)(H,20,21). The van der Waals surface area contributed by atoms with Crippen LogP contribution in [0.2, 0.25) is 0 Å². The van der Waals surface area contributed by atoms with Gasteiger partial charge in [-0.05, 0) is 45.7 Å². The number of aromatic amines is 1. The second-order valence-electron chi connectivity index (χ2n) is 7.01. The highest BCUT2D eigenvalue weighted by Crippen LogP contribution is 2.17. The minimum atomic E-state index is 0.165. The van der Waals surface area contributed by atoms with E-state index < -0.39 is 0 Å². The molecule has 0 aliphatic heterocycles. The minimum absolute atomic E-state index is 0.165. The molecule has 5 heteroatoms. The van der Waals surface area contributed by atoms with Crippen molar-refractivity contribution < 1.29 is 4.79 Å². The van der Waals surface area contributed by atoms with E-state index >= 15 is 0 Å². The lowest BCUT2D eigenvalue weighted by Gasteiger charge is -2.23. The van der Waals surface area contributed by atoms with Gasteiger partial charge in [-0.3, -0.25) is 14.8 Å². The Kier molecular flexibility index (Phi) is 7.09. The summed E-state index contributed by atoms with van der Waals surface area (Å²) in [6.45, 7) is 5.43. The van der Waals surface area contributed by atoms with Crippen LogP contribution in [0.15, 0.2) is 0 Å². The summed E-state index contributed by atoms with van der Waals surface area (Å²) in [4.78, 5) is 14.3. The molecule has 1 fully saturated rings. The first-order chi connectivity index (χ1) is 11.1. The van der Waals surface area contributed by atoms with Crippen LogP contribution in [0.5, 0.6) is 0 Å². The summed E-state index contributed by atoms with van der Waals surface area (Å²) in [6.07, 6.45) is 9.70. The van der Waals surface area contributed by atoms with Gasteiger partial charge in [0.25, 0.3) is 0 Å². The molecule has 2 N–H and O–H groups in total. The van der Waals surface area contributed by atoms with Crippen molar-refractivity contribution in [3.05, 3.63) is 17.0 Å². The number of hydrogen-bond donors (Lipinski definition) is 2. The second kappa shape index (κ2) is 9.06. The molecule has 1 aliphatic carbocycles. The molecule has 0 spiro atoms. The first kappa shape index (κ1) is 18.0. The van der Waals surface area contributed by atoms with Crippen LogP contribution in [0.3, 0.4) is 0 Å². The summed E-state index contributed by atoms with van der Waals surface area (Å²) in [5.41, 5.74) is 3.47. The Labute approximate surface area is 140 Å². The fourth-order valence-electron chi connectivity index (χ4n) is 3.44. The van der Waals surface area contributed by atoms with Crippen LogP contribution in [0.4, 0.5) is 0 Å². The molecule has 1 aliphatic rings. The monoisotopic (exact) mass is 320 g/mol. The maximum absolute atomic E-state index is 12.2. The predicted octanol–water partition coefficient (Wildman–Crippen LogP) is 2.73. The molecule has 2 rings (SSSR count). The minimum Gasteiger partial charge on any atom is -0.352 e. The molecule has 1 saturated carbocycles. The largest absolute Gasteiger partial charge is 0.352 e. The van der Waals surface area contributed by atoms with Gasteiger partial charge in [0.05, 0.1) is 12.2 Å². The van der Waals surface area contributed by atoms with Gasteiger partial charge in [-0.2, -0.15) is 5.10 Å². The van der Waals surface area contributed by atoms with Gasteiger partial charge in [0.2, 0.25) is 5.91 Å². The van der Waals surface area contributed by atoms with Gasteiger partial charge in [0.15, 0.2) is 0 Å². The van der Waals surface area contributed by atoms with Crippen molar-refractivity contribution in [1.29, 1.82) is 0 Å². The summed E-state index contributed by atoms with van der Waals surface area (Å²) >= 11 is 0. The van der Waals surface area contributed by atoms with E-state index in [1.54, 1.807) is 0 Å². The summed E-state index contributed by atoms with van der Waals surface area (Å²) in [5, 5.41) is 10.5. The zero-order valence-corrected chi connectivity index (χ0v) is 15.0. The van der Waals surface area contributed by atoms with Gasteiger partial charge in [0.1, 0.15) is 0 Å². The summed E-state index contributed by atoms with van der Waals surface area (Å²) in [7, 11) is 2.02. The molecule has 0 radical (unpaired) electrons. The Hall–Kier alpha value is -1.36. The van der Waals surface area contributed by atoms with E-state index in [-0.39, 0.29) is 5.91 Å². The SMILES string of the molecule is Cc1n[nH]c(C)c1CCN(C)CC(=O)NC1CCCCCCC1. The number of carbonyl (C=O) groups excluding carboxylic acids is 1. The average molecular weight is 320 g/mol. The molecule has 23 heavy (non-hydrogen) atoms. The maximum Gasteiger partial charge on any atom is 0.234 e. The summed E-state index contributed by atoms with van der Waals surface area (Å²) in [6, 6.07) is 0.384. The van der Waals surface area contributed by atoms with Crippen molar-refractivity contribution in [1.82, 2.24) is 20.4 Å². The van der Waals surface area contributed by atoms with Crippen LogP contribution >= 0.6 is 0 Å².